The van der Waals surface area contributed by atoms with Gasteiger partial charge in [-0.3, -0.25) is 10.1 Å². The van der Waals surface area contributed by atoms with Crippen molar-refractivity contribution < 1.29 is 4.79 Å². The smallest absolute Gasteiger partial charge is 0.236 e. The number of rotatable bonds is 7. The van der Waals surface area contributed by atoms with E-state index in [4.69, 9.17) is 0 Å². The summed E-state index contributed by atoms with van der Waals surface area (Å²) in [4.78, 5) is 17.0. The zero-order valence-corrected chi connectivity index (χ0v) is 23.1. The zero-order valence-electron chi connectivity index (χ0n) is 23.1. The van der Waals surface area contributed by atoms with Crippen molar-refractivity contribution in [1.29, 1.82) is 0 Å². The monoisotopic (exact) mass is 510 g/mol. The average molecular weight is 511 g/mol. The van der Waals surface area contributed by atoms with Crippen LogP contribution >= 0.6 is 0 Å². The number of benzene rings is 3. The van der Waals surface area contributed by atoms with E-state index in [0.717, 1.165) is 38.5 Å². The van der Waals surface area contributed by atoms with E-state index in [1.54, 1.807) is 0 Å². The summed E-state index contributed by atoms with van der Waals surface area (Å²) in [5.41, 5.74) is 4.33. The summed E-state index contributed by atoms with van der Waals surface area (Å²) in [5, 5.41) is 7.00. The van der Waals surface area contributed by atoms with Gasteiger partial charge in [-0.15, -0.1) is 0 Å². The lowest BCUT2D eigenvalue weighted by Gasteiger charge is -2.33. The topological polar surface area (TPSA) is 47.6 Å². The molecule has 2 aliphatic carbocycles. The van der Waals surface area contributed by atoms with Crippen LogP contribution in [-0.2, 0) is 10.3 Å². The van der Waals surface area contributed by atoms with E-state index in [-0.39, 0.29) is 11.4 Å². The van der Waals surface area contributed by atoms with E-state index < -0.39 is 0 Å². The van der Waals surface area contributed by atoms with Crippen molar-refractivity contribution in [2.45, 2.75) is 42.7 Å². The fourth-order valence-electron chi connectivity index (χ4n) is 5.92. The maximum absolute atomic E-state index is 12.7. The average Bonchev–Trinajstić information content (AvgIpc) is 3.89. The summed E-state index contributed by atoms with van der Waals surface area (Å²) in [5.74, 6) is 1.36. The van der Waals surface area contributed by atoms with E-state index in [1.807, 2.05) is 18.0 Å². The van der Waals surface area contributed by atoms with Crippen molar-refractivity contribution in [3.63, 3.8) is 0 Å². The van der Waals surface area contributed by atoms with Crippen LogP contribution in [0, 0.1) is 0 Å². The van der Waals surface area contributed by atoms with Crippen molar-refractivity contribution in [3.05, 3.63) is 108 Å². The molecule has 0 spiro atoms. The molecule has 6 rings (SSSR count). The van der Waals surface area contributed by atoms with Gasteiger partial charge in [0.15, 0.2) is 0 Å². The van der Waals surface area contributed by atoms with Crippen molar-refractivity contribution in [2.75, 3.05) is 46.8 Å². The van der Waals surface area contributed by atoms with E-state index in [1.165, 1.54) is 23.1 Å². The van der Waals surface area contributed by atoms with Crippen LogP contribution in [0.25, 0.3) is 0 Å². The molecule has 3 fully saturated rings. The second-order valence-corrected chi connectivity index (χ2v) is 11.4. The lowest BCUT2D eigenvalue weighted by atomic mass is 9.98. The van der Waals surface area contributed by atoms with Gasteiger partial charge in [0.1, 0.15) is 0 Å². The second kappa shape index (κ2) is 11.4. The molecule has 1 amide bonds. The Morgan fingerprint density at radius 2 is 1.32 bits per heavy atom. The molecule has 3 aliphatic rings. The molecule has 4 atom stereocenters. The number of hydrogen-bond donors (Lipinski definition) is 2. The number of nitrogens with zero attached hydrogens (tertiary/aromatic N) is 2. The molecule has 5 nitrogen and oxygen atoms in total. The molecule has 2 saturated carbocycles. The third kappa shape index (κ3) is 5.85. The molecule has 0 radical (unpaired) electrons. The van der Waals surface area contributed by atoms with Gasteiger partial charge in [0, 0.05) is 43.6 Å². The fraction of sp³-hybridized carbons (Fsp3) is 0.424. The van der Waals surface area contributed by atoms with Crippen LogP contribution in [0.1, 0.15) is 48.3 Å². The maximum atomic E-state index is 12.7. The molecule has 1 saturated heterocycles. The number of likely N-dealkylation sites (N-methyl/N-ethyl adjacent to an activating group) is 2. The second-order valence-electron chi connectivity index (χ2n) is 11.4. The lowest BCUT2D eigenvalue weighted by Crippen LogP contribution is -2.50. The largest absolute Gasteiger partial charge is 0.339 e. The van der Waals surface area contributed by atoms with E-state index >= 15 is 0 Å². The molecule has 5 heteroatoms. The third-order valence-corrected chi connectivity index (χ3v) is 8.87. The lowest BCUT2D eigenvalue weighted by molar-refractivity contribution is -0.132. The molecule has 3 aromatic rings. The highest BCUT2D eigenvalue weighted by molar-refractivity contribution is 5.78. The Morgan fingerprint density at radius 3 is 1.84 bits per heavy atom. The summed E-state index contributed by atoms with van der Waals surface area (Å²) in [6.45, 7) is 6.27. The molecule has 4 unspecified atom stereocenters. The highest BCUT2D eigenvalue weighted by Crippen LogP contribution is 2.58. The molecule has 2 N–H and O–H groups in total. The molecule has 38 heavy (non-hydrogen) atoms. The van der Waals surface area contributed by atoms with Crippen LogP contribution < -0.4 is 10.6 Å². The molecule has 0 aromatic heterocycles. The minimum absolute atomic E-state index is 0.120. The van der Waals surface area contributed by atoms with E-state index in [9.17, 15) is 4.79 Å². The first-order valence-electron chi connectivity index (χ1n) is 14.0. The van der Waals surface area contributed by atoms with Gasteiger partial charge >= 0.3 is 0 Å². The molecular formula is C33H42N4O. The predicted octanol–water partition coefficient (Wildman–Crippen LogP) is 4.59. The third-order valence-electron chi connectivity index (χ3n) is 8.87. The number of hydrogen-bond acceptors (Lipinski definition) is 4. The van der Waals surface area contributed by atoms with Gasteiger partial charge in [0.2, 0.25) is 5.91 Å². The fourth-order valence-corrected chi connectivity index (χ4v) is 5.92. The SMILES string of the molecule is CN1CCN(C(=O)CNC2(c3ccccc3)CC2c2ccccc2)CC1.CNC1(C)CC1c1ccccc1. The number of amides is 1. The minimum atomic E-state index is -0.120. The Kier molecular flexibility index (Phi) is 7.98. The van der Waals surface area contributed by atoms with Crippen LogP contribution in [0.3, 0.4) is 0 Å². The number of nitrogens with one attached hydrogen (secondary N) is 2. The zero-order chi connectivity index (χ0) is 26.6. The first-order chi connectivity index (χ1) is 18.4. The van der Waals surface area contributed by atoms with Gasteiger partial charge in [0.05, 0.1) is 12.1 Å². The van der Waals surface area contributed by atoms with Crippen LogP contribution in [0.15, 0.2) is 91.0 Å². The summed E-state index contributed by atoms with van der Waals surface area (Å²) in [6.07, 6.45) is 2.31. The summed E-state index contributed by atoms with van der Waals surface area (Å²) < 4.78 is 0. The van der Waals surface area contributed by atoms with E-state index in [2.05, 4.69) is 114 Å². The Hall–Kier alpha value is -2.99. The quantitative estimate of drug-likeness (QED) is 0.488. The van der Waals surface area contributed by atoms with Crippen LogP contribution in [0.4, 0.5) is 0 Å². The highest BCUT2D eigenvalue weighted by atomic mass is 16.2. The van der Waals surface area contributed by atoms with Crippen LogP contribution in [0.2, 0.25) is 0 Å². The van der Waals surface area contributed by atoms with Gasteiger partial charge < -0.3 is 15.1 Å². The van der Waals surface area contributed by atoms with E-state index in [0.29, 0.717) is 18.0 Å². The molecule has 1 heterocycles. The maximum Gasteiger partial charge on any atom is 0.236 e. The summed E-state index contributed by atoms with van der Waals surface area (Å²) >= 11 is 0. The van der Waals surface area contributed by atoms with Gasteiger partial charge in [-0.05, 0) is 50.6 Å². The Morgan fingerprint density at radius 1 is 0.789 bits per heavy atom. The first-order valence-corrected chi connectivity index (χ1v) is 14.0. The van der Waals surface area contributed by atoms with Crippen LogP contribution in [-0.4, -0.2) is 68.1 Å². The molecular weight excluding hydrogens is 468 g/mol. The van der Waals surface area contributed by atoms with Gasteiger partial charge in [0.25, 0.3) is 0 Å². The van der Waals surface area contributed by atoms with Crippen molar-refractivity contribution in [2.24, 2.45) is 0 Å². The molecule has 0 bridgehead atoms. The summed E-state index contributed by atoms with van der Waals surface area (Å²) in [6, 6.07) is 31.9. The van der Waals surface area contributed by atoms with Gasteiger partial charge in [-0.25, -0.2) is 0 Å². The Bertz CT molecular complexity index is 1180. The predicted molar refractivity (Wildman–Crippen MR) is 155 cm³/mol. The first kappa shape index (κ1) is 26.6. The number of carbonyl (C=O) groups excluding carboxylic acids is 1. The van der Waals surface area contributed by atoms with Crippen molar-refractivity contribution in [3.8, 4) is 0 Å². The van der Waals surface area contributed by atoms with Crippen molar-refractivity contribution in [1.82, 2.24) is 20.4 Å². The molecule has 3 aromatic carbocycles. The van der Waals surface area contributed by atoms with Gasteiger partial charge in [-0.1, -0.05) is 91.0 Å². The summed E-state index contributed by atoms with van der Waals surface area (Å²) in [7, 11) is 4.15. The normalized spacial score (nSPS) is 28.2. The standard InChI is InChI=1S/C22H27N3O.C11H15N/c1-24-12-14-25(15-13-24)21(26)17-23-22(19-10-6-3-7-11-19)16-20(22)18-8-4-2-5-9-18;1-11(12-2)8-10(11)9-6-4-3-5-7-9/h2-11,20,23H,12-17H2,1H3;3-7,10,12H,8H2,1-2H3. The van der Waals surface area contributed by atoms with Crippen molar-refractivity contribution >= 4 is 5.91 Å². The highest BCUT2D eigenvalue weighted by Gasteiger charge is 2.55. The minimum Gasteiger partial charge on any atom is -0.339 e. The Labute approximate surface area is 228 Å². The van der Waals surface area contributed by atoms with Crippen LogP contribution in [0.5, 0.6) is 0 Å². The number of piperazine rings is 1. The molecule has 200 valence electrons. The number of carbonyl (C=O) groups is 1. The van der Waals surface area contributed by atoms with Gasteiger partial charge in [-0.2, -0.15) is 0 Å². The molecule has 1 aliphatic heterocycles. The Balaban J connectivity index is 0.000000204.